The number of nitrogens with one attached hydrogen (secondary N) is 1. The lowest BCUT2D eigenvalue weighted by Gasteiger charge is -2.38. The summed E-state index contributed by atoms with van der Waals surface area (Å²) in [6.45, 7) is 19.1. The van der Waals surface area contributed by atoms with Crippen LogP contribution in [0.4, 0.5) is 0 Å². The van der Waals surface area contributed by atoms with Crippen LogP contribution < -0.4 is 5.32 Å². The second-order valence-electron chi connectivity index (χ2n) is 7.52. The lowest BCUT2D eigenvalue weighted by Crippen LogP contribution is -2.37. The van der Waals surface area contributed by atoms with Crippen molar-refractivity contribution in [2.45, 2.75) is 40.0 Å². The third kappa shape index (κ3) is 3.55. The molecule has 2 aliphatic heterocycles. The summed E-state index contributed by atoms with van der Waals surface area (Å²) in [4.78, 5) is 7.12. The summed E-state index contributed by atoms with van der Waals surface area (Å²) in [6, 6.07) is 8.88. The summed E-state index contributed by atoms with van der Waals surface area (Å²) in [6.07, 6.45) is 0.968. The van der Waals surface area contributed by atoms with E-state index >= 15 is 0 Å². The van der Waals surface area contributed by atoms with E-state index < -0.39 is 0 Å². The largest absolute Gasteiger partial charge is 0.369 e. The van der Waals surface area contributed by atoms with Gasteiger partial charge in [-0.1, -0.05) is 56.8 Å². The second kappa shape index (κ2) is 6.91. The molecule has 1 N–H and O–H groups in total. The zero-order valence-electron chi connectivity index (χ0n) is 15.9. The van der Waals surface area contributed by atoms with Gasteiger partial charge in [-0.2, -0.15) is 0 Å². The van der Waals surface area contributed by atoms with Crippen molar-refractivity contribution >= 4 is 5.84 Å². The van der Waals surface area contributed by atoms with Crippen LogP contribution >= 0.6 is 0 Å². The first-order chi connectivity index (χ1) is 11.9. The predicted molar refractivity (Wildman–Crippen MR) is 106 cm³/mol. The van der Waals surface area contributed by atoms with Gasteiger partial charge in [0.15, 0.2) is 0 Å². The molecule has 0 radical (unpaired) electrons. The van der Waals surface area contributed by atoms with Crippen molar-refractivity contribution in [2.75, 3.05) is 13.1 Å². The van der Waals surface area contributed by atoms with Gasteiger partial charge in [-0.05, 0) is 31.7 Å². The zero-order valence-corrected chi connectivity index (χ0v) is 15.9. The Bertz CT molecular complexity index is 750. The van der Waals surface area contributed by atoms with Crippen molar-refractivity contribution in [3.63, 3.8) is 0 Å². The third-order valence-corrected chi connectivity index (χ3v) is 5.19. The summed E-state index contributed by atoms with van der Waals surface area (Å²) in [5.41, 5.74) is 7.25. The van der Waals surface area contributed by atoms with Crippen LogP contribution in [0.1, 0.15) is 44.2 Å². The van der Waals surface area contributed by atoms with Crippen LogP contribution in [0.25, 0.3) is 0 Å². The third-order valence-electron chi connectivity index (χ3n) is 5.19. The first-order valence-corrected chi connectivity index (χ1v) is 9.10. The van der Waals surface area contributed by atoms with Gasteiger partial charge in [0.2, 0.25) is 0 Å². The van der Waals surface area contributed by atoms with Gasteiger partial charge in [-0.3, -0.25) is 0 Å². The minimum absolute atomic E-state index is 0.331. The Morgan fingerprint density at radius 1 is 1.20 bits per heavy atom. The lowest BCUT2D eigenvalue weighted by molar-refractivity contribution is 0.314. The van der Waals surface area contributed by atoms with Crippen LogP contribution in [0.3, 0.4) is 0 Å². The van der Waals surface area contributed by atoms with Gasteiger partial charge in [-0.25, -0.2) is 4.99 Å². The molecule has 0 spiro atoms. The number of allylic oxidation sites excluding steroid dienone is 2. The summed E-state index contributed by atoms with van der Waals surface area (Å²) in [5.74, 6) is 1.76. The molecule has 0 amide bonds. The highest BCUT2D eigenvalue weighted by Gasteiger charge is 2.29. The molecule has 0 saturated carbocycles. The summed E-state index contributed by atoms with van der Waals surface area (Å²) >= 11 is 0. The molecule has 2 heterocycles. The van der Waals surface area contributed by atoms with E-state index in [-0.39, 0.29) is 0 Å². The van der Waals surface area contributed by atoms with Gasteiger partial charge < -0.3 is 10.2 Å². The van der Waals surface area contributed by atoms with Gasteiger partial charge in [0.1, 0.15) is 5.84 Å². The maximum absolute atomic E-state index is 4.72. The molecule has 1 atom stereocenters. The number of amidine groups is 1. The molecule has 0 bridgehead atoms. The zero-order chi connectivity index (χ0) is 18.1. The minimum atomic E-state index is 0.331. The Balaban J connectivity index is 1.84. The summed E-state index contributed by atoms with van der Waals surface area (Å²) < 4.78 is 0. The average molecular weight is 335 g/mol. The number of rotatable bonds is 4. The topological polar surface area (TPSA) is 27.6 Å². The van der Waals surface area contributed by atoms with Gasteiger partial charge in [0.05, 0.1) is 12.2 Å². The standard InChI is InChI=1S/C22H29N3/c1-14(2)22(19-9-7-15(3)8-10-19)17(5)25-12-11-20-16(4)23-18(6)24-21(20)13-25/h7-10,14,22H,4-5,11-13H2,1-3,6H3,(H,23,24). The van der Waals surface area contributed by atoms with Gasteiger partial charge >= 0.3 is 0 Å². The molecule has 0 saturated heterocycles. The number of hydrogen-bond donors (Lipinski definition) is 1. The quantitative estimate of drug-likeness (QED) is 0.860. The first-order valence-electron chi connectivity index (χ1n) is 9.10. The van der Waals surface area contributed by atoms with Crippen molar-refractivity contribution in [1.29, 1.82) is 0 Å². The molecule has 132 valence electrons. The molecule has 25 heavy (non-hydrogen) atoms. The van der Waals surface area contributed by atoms with E-state index in [9.17, 15) is 0 Å². The van der Waals surface area contributed by atoms with Crippen LogP contribution in [0.5, 0.6) is 0 Å². The van der Waals surface area contributed by atoms with Crippen molar-refractivity contribution in [2.24, 2.45) is 10.9 Å². The Morgan fingerprint density at radius 2 is 1.88 bits per heavy atom. The van der Waals surface area contributed by atoms with Gasteiger partial charge in [0.25, 0.3) is 0 Å². The first kappa shape index (κ1) is 17.5. The summed E-state index contributed by atoms with van der Waals surface area (Å²) in [5, 5.41) is 3.25. The Kier molecular flexibility index (Phi) is 4.85. The number of hydrogen-bond acceptors (Lipinski definition) is 3. The lowest BCUT2D eigenvalue weighted by atomic mass is 9.84. The maximum atomic E-state index is 4.72. The van der Waals surface area contributed by atoms with Gasteiger partial charge in [0, 0.05) is 29.4 Å². The maximum Gasteiger partial charge on any atom is 0.103 e. The van der Waals surface area contributed by atoms with Crippen molar-refractivity contribution in [3.8, 4) is 0 Å². The molecular weight excluding hydrogens is 306 g/mol. The highest BCUT2D eigenvalue weighted by atomic mass is 15.2. The molecule has 1 aromatic rings. The molecule has 1 aromatic carbocycles. The molecule has 3 rings (SSSR count). The second-order valence-corrected chi connectivity index (χ2v) is 7.52. The molecule has 3 heteroatoms. The van der Waals surface area contributed by atoms with E-state index in [1.54, 1.807) is 0 Å². The van der Waals surface area contributed by atoms with Crippen LogP contribution in [0, 0.1) is 12.8 Å². The number of aryl methyl sites for hydroxylation is 1. The van der Waals surface area contributed by atoms with E-state index in [2.05, 4.69) is 68.4 Å². The van der Waals surface area contributed by atoms with E-state index in [0.717, 1.165) is 36.7 Å². The van der Waals surface area contributed by atoms with E-state index in [1.807, 2.05) is 6.92 Å². The van der Waals surface area contributed by atoms with Crippen LogP contribution in [0.15, 0.2) is 65.1 Å². The Morgan fingerprint density at radius 3 is 2.52 bits per heavy atom. The summed E-state index contributed by atoms with van der Waals surface area (Å²) in [7, 11) is 0. The van der Waals surface area contributed by atoms with Crippen molar-refractivity contribution in [3.05, 3.63) is 71.2 Å². The SMILES string of the molecule is C=C1NC(C)=NC2=C1CCN(C(=C)C(c1ccc(C)cc1)C(C)C)C2. The number of nitrogens with zero attached hydrogens (tertiary/aromatic N) is 2. The highest BCUT2D eigenvalue weighted by Crippen LogP contribution is 2.36. The smallest absolute Gasteiger partial charge is 0.103 e. The molecule has 3 nitrogen and oxygen atoms in total. The Hall–Kier alpha value is -2.29. The van der Waals surface area contributed by atoms with Crippen LogP contribution in [-0.2, 0) is 0 Å². The van der Waals surface area contributed by atoms with Crippen molar-refractivity contribution < 1.29 is 0 Å². The number of benzene rings is 1. The molecule has 0 aliphatic carbocycles. The monoisotopic (exact) mass is 335 g/mol. The van der Waals surface area contributed by atoms with Crippen LogP contribution in [-0.4, -0.2) is 23.8 Å². The molecule has 0 aromatic heterocycles. The van der Waals surface area contributed by atoms with E-state index in [0.29, 0.717) is 11.8 Å². The Labute approximate surface area is 151 Å². The molecular formula is C22H29N3. The van der Waals surface area contributed by atoms with Gasteiger partial charge in [-0.15, -0.1) is 0 Å². The van der Waals surface area contributed by atoms with Crippen molar-refractivity contribution in [1.82, 2.24) is 10.2 Å². The van der Waals surface area contributed by atoms with E-state index in [4.69, 9.17) is 4.99 Å². The number of aliphatic imine (C=N–C) groups is 1. The fraction of sp³-hybridized carbons (Fsp3) is 0.409. The molecule has 2 aliphatic rings. The minimum Gasteiger partial charge on any atom is -0.369 e. The van der Waals surface area contributed by atoms with Crippen LogP contribution in [0.2, 0.25) is 0 Å². The normalized spacial score (nSPS) is 18.7. The highest BCUT2D eigenvalue weighted by molar-refractivity contribution is 5.84. The van der Waals surface area contributed by atoms with E-state index in [1.165, 1.54) is 22.4 Å². The average Bonchev–Trinajstić information content (AvgIpc) is 2.55. The molecule has 0 fully saturated rings. The predicted octanol–water partition coefficient (Wildman–Crippen LogP) is 4.74. The fourth-order valence-electron chi connectivity index (χ4n) is 3.88. The fourth-order valence-corrected chi connectivity index (χ4v) is 3.88. The molecule has 1 unspecified atom stereocenters.